The lowest BCUT2D eigenvalue weighted by Crippen LogP contribution is -2.31. The van der Waals surface area contributed by atoms with Crippen molar-refractivity contribution in [3.05, 3.63) is 33.3 Å². The highest BCUT2D eigenvalue weighted by atomic mass is 35.5. The summed E-state index contributed by atoms with van der Waals surface area (Å²) >= 11 is 5.63. The molecular weight excluding hydrogens is 250 g/mol. The van der Waals surface area contributed by atoms with Gasteiger partial charge in [-0.3, -0.25) is 20.3 Å². The number of nitrogens with two attached hydrogens (primary N) is 1. The summed E-state index contributed by atoms with van der Waals surface area (Å²) in [4.78, 5) is 20.9. The minimum Gasteiger partial charge on any atom is -0.486 e. The van der Waals surface area contributed by atoms with Gasteiger partial charge in [0, 0.05) is 11.1 Å². The summed E-state index contributed by atoms with van der Waals surface area (Å²) in [5.41, 5.74) is 1.68. The first-order valence-corrected chi connectivity index (χ1v) is 4.98. The zero-order valence-electron chi connectivity index (χ0n) is 8.68. The normalized spacial score (nSPS) is 9.76. The lowest BCUT2D eigenvalue weighted by atomic mass is 10.3. The average Bonchev–Trinajstić information content (AvgIpc) is 2.30. The molecule has 1 rings (SSSR count). The van der Waals surface area contributed by atoms with Gasteiger partial charge in [0.25, 0.3) is 0 Å². The molecule has 0 heterocycles. The molecule has 17 heavy (non-hydrogen) atoms. The zero-order valence-corrected chi connectivity index (χ0v) is 9.44. The second-order valence-corrected chi connectivity index (χ2v) is 3.47. The fraction of sp³-hybridized carbons (Fsp3) is 0.222. The van der Waals surface area contributed by atoms with Crippen molar-refractivity contribution in [3.8, 4) is 5.75 Å². The van der Waals surface area contributed by atoms with Gasteiger partial charge < -0.3 is 4.74 Å². The molecule has 0 saturated carbocycles. The Morgan fingerprint density at radius 1 is 1.59 bits per heavy atom. The van der Waals surface area contributed by atoms with E-state index in [-0.39, 0.29) is 29.5 Å². The van der Waals surface area contributed by atoms with Crippen LogP contribution in [0.25, 0.3) is 0 Å². The van der Waals surface area contributed by atoms with Gasteiger partial charge >= 0.3 is 5.69 Å². The van der Waals surface area contributed by atoms with Crippen LogP contribution in [0.1, 0.15) is 6.42 Å². The molecule has 8 heteroatoms. The Labute approximate surface area is 102 Å². The predicted molar refractivity (Wildman–Crippen MR) is 60.5 cm³/mol. The lowest BCUT2D eigenvalue weighted by molar-refractivity contribution is -0.385. The number of hydrogen-bond acceptors (Lipinski definition) is 5. The van der Waals surface area contributed by atoms with E-state index in [2.05, 4.69) is 0 Å². The molecule has 0 saturated heterocycles. The topological polar surface area (TPSA) is 107 Å². The van der Waals surface area contributed by atoms with Crippen LogP contribution in [0.15, 0.2) is 18.2 Å². The number of carbonyl (C=O) groups is 1. The van der Waals surface area contributed by atoms with Crippen LogP contribution in [-0.2, 0) is 4.79 Å². The van der Waals surface area contributed by atoms with E-state index in [9.17, 15) is 14.9 Å². The minimum absolute atomic E-state index is 0.00843. The summed E-state index contributed by atoms with van der Waals surface area (Å²) in [7, 11) is 0. The van der Waals surface area contributed by atoms with Gasteiger partial charge in [-0.1, -0.05) is 11.6 Å². The van der Waals surface area contributed by atoms with Gasteiger partial charge in [-0.2, -0.15) is 0 Å². The number of carbonyl (C=O) groups excluding carboxylic acids is 1. The van der Waals surface area contributed by atoms with Crippen LogP contribution in [0.5, 0.6) is 5.75 Å². The maximum absolute atomic E-state index is 10.8. The van der Waals surface area contributed by atoms with E-state index in [0.29, 0.717) is 0 Å². The summed E-state index contributed by atoms with van der Waals surface area (Å²) in [6.07, 6.45) is 0.0102. The fourth-order valence-corrected chi connectivity index (χ4v) is 1.25. The predicted octanol–water partition coefficient (Wildman–Crippen LogP) is 1.01. The molecule has 92 valence electrons. The Kier molecular flexibility index (Phi) is 4.68. The molecule has 7 nitrogen and oxygen atoms in total. The minimum atomic E-state index is -0.607. The Morgan fingerprint density at radius 3 is 2.88 bits per heavy atom. The maximum Gasteiger partial charge on any atom is 0.312 e. The standard InChI is InChI=1S/C9H10ClN3O4/c10-6-1-2-8(7(5-6)13(15)16)17-4-3-9(14)12-11/h1-2,5H,3-4,11H2,(H,12,14). The van der Waals surface area contributed by atoms with Crippen molar-refractivity contribution in [2.75, 3.05) is 6.61 Å². The highest BCUT2D eigenvalue weighted by Gasteiger charge is 2.15. The lowest BCUT2D eigenvalue weighted by Gasteiger charge is -2.06. The smallest absolute Gasteiger partial charge is 0.312 e. The third-order valence-corrected chi connectivity index (χ3v) is 2.10. The summed E-state index contributed by atoms with van der Waals surface area (Å²) in [5.74, 6) is 4.51. The summed E-state index contributed by atoms with van der Waals surface area (Å²) < 4.78 is 5.11. The van der Waals surface area contributed by atoms with Gasteiger partial charge in [0.05, 0.1) is 18.0 Å². The first-order chi connectivity index (χ1) is 8.04. The number of hydrazine groups is 1. The number of amides is 1. The second kappa shape index (κ2) is 6.02. The number of rotatable bonds is 5. The largest absolute Gasteiger partial charge is 0.486 e. The van der Waals surface area contributed by atoms with E-state index in [4.69, 9.17) is 22.2 Å². The Hall–Kier alpha value is -1.86. The van der Waals surface area contributed by atoms with Gasteiger partial charge in [0.1, 0.15) is 0 Å². The first-order valence-electron chi connectivity index (χ1n) is 4.60. The van der Waals surface area contributed by atoms with Gasteiger partial charge in [-0.15, -0.1) is 0 Å². The summed E-state index contributed by atoms with van der Waals surface area (Å²) in [6.45, 7) is -0.00843. The van der Waals surface area contributed by atoms with Crippen LogP contribution in [0, 0.1) is 10.1 Å². The van der Waals surface area contributed by atoms with Crippen molar-refractivity contribution in [1.82, 2.24) is 5.43 Å². The van der Waals surface area contributed by atoms with Crippen LogP contribution in [0.4, 0.5) is 5.69 Å². The number of hydrogen-bond donors (Lipinski definition) is 2. The molecule has 0 aliphatic rings. The molecule has 0 aromatic heterocycles. The van der Waals surface area contributed by atoms with Gasteiger partial charge in [-0.05, 0) is 12.1 Å². The SMILES string of the molecule is NNC(=O)CCOc1ccc(Cl)cc1[N+](=O)[O-]. The van der Waals surface area contributed by atoms with E-state index in [1.165, 1.54) is 18.2 Å². The number of halogens is 1. The van der Waals surface area contributed by atoms with E-state index in [0.717, 1.165) is 0 Å². The molecule has 0 unspecified atom stereocenters. The highest BCUT2D eigenvalue weighted by molar-refractivity contribution is 6.30. The number of nitro benzene ring substituents is 1. The maximum atomic E-state index is 10.8. The molecule has 0 radical (unpaired) electrons. The van der Waals surface area contributed by atoms with Crippen LogP contribution >= 0.6 is 11.6 Å². The Bertz CT molecular complexity index is 438. The molecular formula is C9H10ClN3O4. The first kappa shape index (κ1) is 13.2. The van der Waals surface area contributed by atoms with E-state index >= 15 is 0 Å². The van der Waals surface area contributed by atoms with E-state index in [1.807, 2.05) is 5.43 Å². The Morgan fingerprint density at radius 2 is 2.29 bits per heavy atom. The summed E-state index contributed by atoms with van der Waals surface area (Å²) in [5, 5.41) is 10.9. The number of nitro groups is 1. The van der Waals surface area contributed by atoms with Crippen molar-refractivity contribution in [2.24, 2.45) is 5.84 Å². The monoisotopic (exact) mass is 259 g/mol. The van der Waals surface area contributed by atoms with Crippen molar-refractivity contribution in [1.29, 1.82) is 0 Å². The fourth-order valence-electron chi connectivity index (χ4n) is 1.08. The van der Waals surface area contributed by atoms with E-state index < -0.39 is 10.8 Å². The van der Waals surface area contributed by atoms with Gasteiger partial charge in [0.15, 0.2) is 5.75 Å². The van der Waals surface area contributed by atoms with E-state index in [1.54, 1.807) is 0 Å². The van der Waals surface area contributed by atoms with Crippen LogP contribution in [-0.4, -0.2) is 17.4 Å². The molecule has 0 aliphatic heterocycles. The van der Waals surface area contributed by atoms with Crippen molar-refractivity contribution >= 4 is 23.2 Å². The third kappa shape index (κ3) is 3.89. The molecule has 0 atom stereocenters. The molecule has 1 amide bonds. The quantitative estimate of drug-likeness (QED) is 0.355. The molecule has 1 aromatic rings. The zero-order chi connectivity index (χ0) is 12.8. The van der Waals surface area contributed by atoms with Gasteiger partial charge in [-0.25, -0.2) is 5.84 Å². The molecule has 0 spiro atoms. The van der Waals surface area contributed by atoms with Gasteiger partial charge in [0.2, 0.25) is 5.91 Å². The summed E-state index contributed by atoms with van der Waals surface area (Å²) in [6, 6.07) is 4.02. The molecule has 3 N–H and O–H groups in total. The van der Waals surface area contributed by atoms with Crippen molar-refractivity contribution < 1.29 is 14.5 Å². The Balaban J connectivity index is 2.70. The molecule has 1 aromatic carbocycles. The van der Waals surface area contributed by atoms with Crippen LogP contribution < -0.4 is 16.0 Å². The molecule has 0 bridgehead atoms. The average molecular weight is 260 g/mol. The molecule has 0 fully saturated rings. The van der Waals surface area contributed by atoms with Crippen LogP contribution in [0.3, 0.4) is 0 Å². The molecule has 0 aliphatic carbocycles. The number of benzene rings is 1. The second-order valence-electron chi connectivity index (χ2n) is 3.04. The van der Waals surface area contributed by atoms with Crippen molar-refractivity contribution in [3.63, 3.8) is 0 Å². The third-order valence-electron chi connectivity index (χ3n) is 1.87. The number of nitrogens with one attached hydrogen (secondary N) is 1. The number of ether oxygens (including phenoxy) is 1. The van der Waals surface area contributed by atoms with Crippen molar-refractivity contribution in [2.45, 2.75) is 6.42 Å². The van der Waals surface area contributed by atoms with Crippen LogP contribution in [0.2, 0.25) is 5.02 Å². The highest BCUT2D eigenvalue weighted by Crippen LogP contribution is 2.29. The number of nitrogens with zero attached hydrogens (tertiary/aromatic N) is 1.